The highest BCUT2D eigenvalue weighted by atomic mass is 16.7. The maximum Gasteiger partial charge on any atom is 0.186 e. The predicted molar refractivity (Wildman–Crippen MR) is 68.6 cm³/mol. The molecule has 0 amide bonds. The van der Waals surface area contributed by atoms with Crippen LogP contribution in [-0.2, 0) is 14.2 Å². The second-order valence-corrected chi connectivity index (χ2v) is 5.57. The van der Waals surface area contributed by atoms with E-state index in [1.165, 1.54) is 0 Å². The molecule has 2 rings (SSSR count). The van der Waals surface area contributed by atoms with Crippen molar-refractivity contribution in [2.45, 2.75) is 61.4 Å². The van der Waals surface area contributed by atoms with Crippen molar-refractivity contribution in [3.63, 3.8) is 0 Å². The molecule has 2 aliphatic rings. The van der Waals surface area contributed by atoms with E-state index in [0.29, 0.717) is 0 Å². The highest BCUT2D eigenvalue weighted by molar-refractivity contribution is 4.91. The van der Waals surface area contributed by atoms with Crippen molar-refractivity contribution in [3.05, 3.63) is 0 Å². The van der Waals surface area contributed by atoms with Gasteiger partial charge in [0.2, 0.25) is 0 Å². The molecular formula is C12H22O11. The monoisotopic (exact) mass is 342 g/mol. The van der Waals surface area contributed by atoms with Gasteiger partial charge in [-0.15, -0.1) is 0 Å². The zero-order valence-corrected chi connectivity index (χ0v) is 12.0. The summed E-state index contributed by atoms with van der Waals surface area (Å²) in [6.45, 7) is -1.10. The van der Waals surface area contributed by atoms with Gasteiger partial charge in [-0.05, 0) is 0 Å². The third-order valence-corrected chi connectivity index (χ3v) is 3.96. The zero-order chi connectivity index (χ0) is 17.3. The van der Waals surface area contributed by atoms with E-state index in [-0.39, 0.29) is 0 Å². The molecule has 0 saturated carbocycles. The van der Waals surface area contributed by atoms with Crippen LogP contribution in [-0.4, -0.2) is 115 Å². The topological polar surface area (TPSA) is 190 Å². The Morgan fingerprint density at radius 1 is 0.652 bits per heavy atom. The van der Waals surface area contributed by atoms with Crippen LogP contribution in [0.3, 0.4) is 0 Å². The molecule has 0 aromatic heterocycles. The Balaban J connectivity index is 1.94. The van der Waals surface area contributed by atoms with E-state index in [0.717, 1.165) is 0 Å². The largest absolute Gasteiger partial charge is 0.394 e. The molecule has 0 unspecified atom stereocenters. The van der Waals surface area contributed by atoms with Crippen molar-refractivity contribution in [1.82, 2.24) is 0 Å². The molecule has 23 heavy (non-hydrogen) atoms. The molecule has 0 aliphatic carbocycles. The van der Waals surface area contributed by atoms with Gasteiger partial charge in [-0.1, -0.05) is 0 Å². The average molecular weight is 342 g/mol. The highest BCUT2D eigenvalue weighted by Gasteiger charge is 2.46. The Bertz CT molecular complexity index is 380. The summed E-state index contributed by atoms with van der Waals surface area (Å²) in [6.07, 6.45) is -15.3. The van der Waals surface area contributed by atoms with Crippen LogP contribution in [0, 0.1) is 0 Å². The van der Waals surface area contributed by atoms with E-state index in [1.807, 2.05) is 0 Å². The molecule has 0 bridgehead atoms. The van der Waals surface area contributed by atoms with Crippen molar-refractivity contribution < 1.29 is 55.1 Å². The summed E-state index contributed by atoms with van der Waals surface area (Å²) in [5.74, 6) is 0. The molecule has 2 aliphatic heterocycles. The van der Waals surface area contributed by atoms with Crippen LogP contribution >= 0.6 is 0 Å². The number of ether oxygens (including phenoxy) is 3. The minimum absolute atomic E-state index is 0.468. The van der Waals surface area contributed by atoms with Crippen molar-refractivity contribution in [3.8, 4) is 0 Å². The Morgan fingerprint density at radius 3 is 1.83 bits per heavy atom. The Labute approximate surface area is 130 Å². The number of aliphatic hydroxyl groups is 8. The number of hydrogen-bond donors (Lipinski definition) is 8. The lowest BCUT2D eigenvalue weighted by atomic mass is 9.98. The molecular weight excluding hydrogens is 320 g/mol. The van der Waals surface area contributed by atoms with Crippen LogP contribution in [0.2, 0.25) is 0 Å². The van der Waals surface area contributed by atoms with Gasteiger partial charge in [0.1, 0.15) is 48.8 Å². The van der Waals surface area contributed by atoms with E-state index in [2.05, 4.69) is 0 Å². The summed E-state index contributed by atoms with van der Waals surface area (Å²) in [6, 6.07) is 0. The summed E-state index contributed by atoms with van der Waals surface area (Å²) in [5.41, 5.74) is 0. The maximum absolute atomic E-state index is 9.78. The van der Waals surface area contributed by atoms with E-state index >= 15 is 0 Å². The molecule has 2 heterocycles. The van der Waals surface area contributed by atoms with Crippen molar-refractivity contribution in [2.24, 2.45) is 0 Å². The van der Waals surface area contributed by atoms with Crippen LogP contribution in [0.1, 0.15) is 0 Å². The summed E-state index contributed by atoms with van der Waals surface area (Å²) >= 11 is 0. The Hall–Kier alpha value is -0.440. The fourth-order valence-corrected chi connectivity index (χ4v) is 2.46. The first-order valence-electron chi connectivity index (χ1n) is 7.07. The first kappa shape index (κ1) is 18.9. The van der Waals surface area contributed by atoms with Crippen LogP contribution in [0.5, 0.6) is 0 Å². The molecule has 2 fully saturated rings. The van der Waals surface area contributed by atoms with E-state index in [4.69, 9.17) is 19.3 Å². The van der Waals surface area contributed by atoms with Gasteiger partial charge in [-0.2, -0.15) is 0 Å². The zero-order valence-electron chi connectivity index (χ0n) is 12.0. The molecule has 11 nitrogen and oxygen atoms in total. The summed E-state index contributed by atoms with van der Waals surface area (Å²) in [5, 5.41) is 76.1. The predicted octanol–water partition coefficient (Wildman–Crippen LogP) is -5.40. The van der Waals surface area contributed by atoms with Gasteiger partial charge >= 0.3 is 0 Å². The Morgan fingerprint density at radius 2 is 1.22 bits per heavy atom. The molecule has 0 aromatic rings. The van der Waals surface area contributed by atoms with Crippen molar-refractivity contribution in [2.75, 3.05) is 13.2 Å². The lowest BCUT2D eigenvalue weighted by Gasteiger charge is -2.41. The number of rotatable bonds is 4. The SMILES string of the molecule is OC[C@H]1O[C@H](OC[C@H]2O[C@@H](O)[C@H](O)[C@@H](O)[C@H]2O)[C@@H](O)[C@@H](O)[C@@H]1O. The second kappa shape index (κ2) is 7.63. The van der Waals surface area contributed by atoms with Gasteiger partial charge in [0.25, 0.3) is 0 Å². The fraction of sp³-hybridized carbons (Fsp3) is 1.00. The first-order chi connectivity index (χ1) is 10.8. The third-order valence-electron chi connectivity index (χ3n) is 3.96. The summed E-state index contributed by atoms with van der Waals surface area (Å²) in [7, 11) is 0. The van der Waals surface area contributed by atoms with Gasteiger partial charge in [-0.25, -0.2) is 0 Å². The molecule has 0 radical (unpaired) electrons. The first-order valence-corrected chi connectivity index (χ1v) is 7.07. The number of hydrogen-bond acceptors (Lipinski definition) is 11. The molecule has 10 atom stereocenters. The molecule has 136 valence electrons. The van der Waals surface area contributed by atoms with Gasteiger partial charge in [-0.3, -0.25) is 0 Å². The van der Waals surface area contributed by atoms with E-state index < -0.39 is 74.6 Å². The molecule has 2 saturated heterocycles. The summed E-state index contributed by atoms with van der Waals surface area (Å²) in [4.78, 5) is 0. The number of aliphatic hydroxyl groups excluding tert-OH is 8. The highest BCUT2D eigenvalue weighted by Crippen LogP contribution is 2.24. The smallest absolute Gasteiger partial charge is 0.186 e. The van der Waals surface area contributed by atoms with E-state index in [9.17, 15) is 35.7 Å². The molecule has 8 N–H and O–H groups in total. The molecule has 0 spiro atoms. The van der Waals surface area contributed by atoms with Gasteiger partial charge in [0, 0.05) is 0 Å². The third kappa shape index (κ3) is 3.81. The standard InChI is InChI=1S/C12H22O11/c13-1-3-5(14)8(17)10(19)12(23-3)21-2-4-6(15)7(16)9(18)11(20)22-4/h3-20H,1-2H2/t3-,4-,5-,6+,7+,8+,9-,10+,11-,12+/m1/s1. The second-order valence-electron chi connectivity index (χ2n) is 5.57. The van der Waals surface area contributed by atoms with Crippen LogP contribution < -0.4 is 0 Å². The Kier molecular flexibility index (Phi) is 6.27. The van der Waals surface area contributed by atoms with Gasteiger partial charge in [0.15, 0.2) is 12.6 Å². The van der Waals surface area contributed by atoms with E-state index in [1.54, 1.807) is 0 Å². The lowest BCUT2D eigenvalue weighted by Crippen LogP contribution is -2.61. The van der Waals surface area contributed by atoms with Gasteiger partial charge in [0.05, 0.1) is 13.2 Å². The quantitative estimate of drug-likeness (QED) is 0.243. The van der Waals surface area contributed by atoms with Crippen molar-refractivity contribution in [1.29, 1.82) is 0 Å². The minimum Gasteiger partial charge on any atom is -0.394 e. The summed E-state index contributed by atoms with van der Waals surface area (Å²) < 4.78 is 15.1. The van der Waals surface area contributed by atoms with Crippen LogP contribution in [0.15, 0.2) is 0 Å². The van der Waals surface area contributed by atoms with Crippen LogP contribution in [0.25, 0.3) is 0 Å². The maximum atomic E-state index is 9.78. The minimum atomic E-state index is -1.74. The fourth-order valence-electron chi connectivity index (χ4n) is 2.46. The average Bonchev–Trinajstić information content (AvgIpc) is 2.54. The van der Waals surface area contributed by atoms with Gasteiger partial charge < -0.3 is 55.1 Å². The molecule has 11 heteroatoms. The molecule has 0 aromatic carbocycles. The van der Waals surface area contributed by atoms with Crippen LogP contribution in [0.4, 0.5) is 0 Å². The normalized spacial score (nSPS) is 51.7. The van der Waals surface area contributed by atoms with Crippen molar-refractivity contribution >= 4 is 0 Å². The lowest BCUT2D eigenvalue weighted by molar-refractivity contribution is -0.325.